The number of carbonyl (C=O) groups excluding carboxylic acids is 1. The van der Waals surface area contributed by atoms with Crippen LogP contribution in [-0.2, 0) is 0 Å². The number of aryl methyl sites for hydroxylation is 1. The standard InChI is InChI=1S/C6H10N4O/c1-4-3-8-10-5(4)9-6(11)7-2/h3H,1-2H3,(H3,7,8,9,10,11). The number of urea groups is 1. The lowest BCUT2D eigenvalue weighted by Crippen LogP contribution is -2.24. The molecule has 11 heavy (non-hydrogen) atoms. The Morgan fingerprint density at radius 1 is 1.73 bits per heavy atom. The highest BCUT2D eigenvalue weighted by molar-refractivity contribution is 5.88. The van der Waals surface area contributed by atoms with Crippen molar-refractivity contribution in [3.63, 3.8) is 0 Å². The quantitative estimate of drug-likeness (QED) is 0.550. The monoisotopic (exact) mass is 154 g/mol. The van der Waals surface area contributed by atoms with E-state index in [4.69, 9.17) is 0 Å². The highest BCUT2D eigenvalue weighted by atomic mass is 16.2. The van der Waals surface area contributed by atoms with Gasteiger partial charge < -0.3 is 5.32 Å². The van der Waals surface area contributed by atoms with Crippen LogP contribution in [0.15, 0.2) is 6.20 Å². The Labute approximate surface area is 64.2 Å². The Balaban J connectivity index is 2.64. The predicted molar refractivity (Wildman–Crippen MR) is 41.4 cm³/mol. The van der Waals surface area contributed by atoms with Crippen molar-refractivity contribution >= 4 is 11.8 Å². The molecule has 1 aromatic rings. The third-order valence-electron chi connectivity index (χ3n) is 1.29. The van der Waals surface area contributed by atoms with Crippen molar-refractivity contribution in [3.8, 4) is 0 Å². The van der Waals surface area contributed by atoms with Gasteiger partial charge in [-0.2, -0.15) is 5.10 Å². The van der Waals surface area contributed by atoms with Gasteiger partial charge in [0.25, 0.3) is 0 Å². The molecule has 1 rings (SSSR count). The van der Waals surface area contributed by atoms with Crippen LogP contribution < -0.4 is 10.6 Å². The summed E-state index contributed by atoms with van der Waals surface area (Å²) in [5.41, 5.74) is 0.911. The van der Waals surface area contributed by atoms with E-state index in [0.29, 0.717) is 5.82 Å². The van der Waals surface area contributed by atoms with Crippen LogP contribution in [0.4, 0.5) is 10.6 Å². The first kappa shape index (κ1) is 7.59. The number of hydrogen-bond acceptors (Lipinski definition) is 2. The molecule has 3 N–H and O–H groups in total. The highest BCUT2D eigenvalue weighted by Gasteiger charge is 2.01. The van der Waals surface area contributed by atoms with Gasteiger partial charge in [0.15, 0.2) is 0 Å². The number of anilines is 1. The molecule has 0 spiro atoms. The van der Waals surface area contributed by atoms with Crippen molar-refractivity contribution in [1.29, 1.82) is 0 Å². The van der Waals surface area contributed by atoms with Crippen molar-refractivity contribution in [1.82, 2.24) is 15.5 Å². The minimum atomic E-state index is -0.252. The smallest absolute Gasteiger partial charge is 0.320 e. The number of carbonyl (C=O) groups is 1. The van der Waals surface area contributed by atoms with Gasteiger partial charge in [-0.25, -0.2) is 4.79 Å². The van der Waals surface area contributed by atoms with Gasteiger partial charge in [-0.3, -0.25) is 10.4 Å². The first-order chi connectivity index (χ1) is 5.24. The van der Waals surface area contributed by atoms with Gasteiger partial charge in [0, 0.05) is 12.6 Å². The van der Waals surface area contributed by atoms with Crippen LogP contribution in [0, 0.1) is 6.92 Å². The summed E-state index contributed by atoms with van der Waals surface area (Å²) in [4.78, 5) is 10.8. The molecule has 0 saturated carbocycles. The second-order valence-electron chi connectivity index (χ2n) is 2.13. The lowest BCUT2D eigenvalue weighted by atomic mass is 10.4. The fourth-order valence-electron chi connectivity index (χ4n) is 0.649. The normalized spacial score (nSPS) is 9.27. The van der Waals surface area contributed by atoms with Gasteiger partial charge in [-0.1, -0.05) is 0 Å². The van der Waals surface area contributed by atoms with E-state index >= 15 is 0 Å². The van der Waals surface area contributed by atoms with Crippen molar-refractivity contribution in [2.75, 3.05) is 12.4 Å². The molecule has 0 atom stereocenters. The van der Waals surface area contributed by atoms with E-state index < -0.39 is 0 Å². The molecule has 5 heteroatoms. The lowest BCUT2D eigenvalue weighted by molar-refractivity contribution is 0.254. The Hall–Kier alpha value is -1.52. The highest BCUT2D eigenvalue weighted by Crippen LogP contribution is 2.07. The number of nitrogens with one attached hydrogen (secondary N) is 3. The average molecular weight is 154 g/mol. The van der Waals surface area contributed by atoms with Gasteiger partial charge >= 0.3 is 6.03 Å². The summed E-state index contributed by atoms with van der Waals surface area (Å²) in [5.74, 6) is 0.629. The minimum Gasteiger partial charge on any atom is -0.341 e. The molecule has 5 nitrogen and oxygen atoms in total. The summed E-state index contributed by atoms with van der Waals surface area (Å²) >= 11 is 0. The number of hydrogen-bond donors (Lipinski definition) is 3. The molecule has 0 aliphatic carbocycles. The fraction of sp³-hybridized carbons (Fsp3) is 0.333. The molecule has 1 aromatic heterocycles. The van der Waals surface area contributed by atoms with E-state index in [-0.39, 0.29) is 6.03 Å². The fourth-order valence-corrected chi connectivity index (χ4v) is 0.649. The molecule has 0 saturated heterocycles. The molecule has 0 radical (unpaired) electrons. The first-order valence-electron chi connectivity index (χ1n) is 3.22. The lowest BCUT2D eigenvalue weighted by Gasteiger charge is -2.00. The van der Waals surface area contributed by atoms with E-state index in [9.17, 15) is 4.79 Å². The zero-order valence-corrected chi connectivity index (χ0v) is 6.43. The summed E-state index contributed by atoms with van der Waals surface area (Å²) in [6.07, 6.45) is 1.64. The molecule has 2 amide bonds. The Bertz CT molecular complexity index is 255. The maximum Gasteiger partial charge on any atom is 0.320 e. The third kappa shape index (κ3) is 1.70. The molecule has 0 bridgehead atoms. The van der Waals surface area contributed by atoms with Gasteiger partial charge in [-0.05, 0) is 6.92 Å². The number of H-pyrrole nitrogens is 1. The zero-order chi connectivity index (χ0) is 8.27. The molecule has 0 aromatic carbocycles. The van der Waals surface area contributed by atoms with Crippen LogP contribution in [0.2, 0.25) is 0 Å². The Morgan fingerprint density at radius 3 is 2.91 bits per heavy atom. The van der Waals surface area contributed by atoms with Crippen molar-refractivity contribution in [2.45, 2.75) is 6.92 Å². The van der Waals surface area contributed by atoms with E-state index in [1.807, 2.05) is 6.92 Å². The number of nitrogens with zero attached hydrogens (tertiary/aromatic N) is 1. The maximum absolute atomic E-state index is 10.8. The minimum absolute atomic E-state index is 0.252. The number of rotatable bonds is 1. The Kier molecular flexibility index (Phi) is 2.10. The molecule has 0 aliphatic rings. The molecule has 0 aliphatic heterocycles. The first-order valence-corrected chi connectivity index (χ1v) is 3.22. The van der Waals surface area contributed by atoms with Gasteiger partial charge in [0.05, 0.1) is 6.20 Å². The summed E-state index contributed by atoms with van der Waals surface area (Å²) in [6, 6.07) is -0.252. The van der Waals surface area contributed by atoms with Crippen LogP contribution in [0.5, 0.6) is 0 Å². The van der Waals surface area contributed by atoms with Crippen molar-refractivity contribution < 1.29 is 4.79 Å². The van der Waals surface area contributed by atoms with E-state index in [1.54, 1.807) is 13.2 Å². The molecule has 0 fully saturated rings. The van der Waals surface area contributed by atoms with Crippen molar-refractivity contribution in [2.24, 2.45) is 0 Å². The zero-order valence-electron chi connectivity index (χ0n) is 6.43. The summed E-state index contributed by atoms with van der Waals surface area (Å²) in [7, 11) is 1.56. The molecular formula is C6H10N4O. The van der Waals surface area contributed by atoms with Gasteiger partial charge in [0.1, 0.15) is 5.82 Å². The van der Waals surface area contributed by atoms with Crippen LogP contribution >= 0.6 is 0 Å². The second-order valence-corrected chi connectivity index (χ2v) is 2.13. The van der Waals surface area contributed by atoms with Gasteiger partial charge in [-0.15, -0.1) is 0 Å². The van der Waals surface area contributed by atoms with E-state index in [2.05, 4.69) is 20.8 Å². The summed E-state index contributed by atoms with van der Waals surface area (Å²) in [5, 5.41) is 11.4. The number of aromatic nitrogens is 2. The molecule has 1 heterocycles. The predicted octanol–water partition coefficient (Wildman–Crippen LogP) is 0.469. The average Bonchev–Trinajstić information content (AvgIpc) is 2.37. The van der Waals surface area contributed by atoms with Crippen LogP contribution in [0.3, 0.4) is 0 Å². The number of amides is 2. The Morgan fingerprint density at radius 2 is 2.45 bits per heavy atom. The summed E-state index contributed by atoms with van der Waals surface area (Å²) in [6.45, 7) is 1.86. The maximum atomic E-state index is 10.8. The van der Waals surface area contributed by atoms with Crippen LogP contribution in [0.25, 0.3) is 0 Å². The SMILES string of the molecule is CNC(=O)Nc1[nH]ncc1C. The molecule has 0 unspecified atom stereocenters. The second kappa shape index (κ2) is 3.05. The van der Waals surface area contributed by atoms with Crippen LogP contribution in [-0.4, -0.2) is 23.3 Å². The number of aromatic amines is 1. The van der Waals surface area contributed by atoms with Crippen LogP contribution in [0.1, 0.15) is 5.56 Å². The van der Waals surface area contributed by atoms with Crippen molar-refractivity contribution in [3.05, 3.63) is 11.8 Å². The van der Waals surface area contributed by atoms with Gasteiger partial charge in [0.2, 0.25) is 0 Å². The summed E-state index contributed by atoms with van der Waals surface area (Å²) < 4.78 is 0. The third-order valence-corrected chi connectivity index (χ3v) is 1.29. The van der Waals surface area contributed by atoms with E-state index in [1.165, 1.54) is 0 Å². The van der Waals surface area contributed by atoms with E-state index in [0.717, 1.165) is 5.56 Å². The molecule has 60 valence electrons. The molecular weight excluding hydrogens is 144 g/mol. The topological polar surface area (TPSA) is 69.8 Å². The largest absolute Gasteiger partial charge is 0.341 e.